The van der Waals surface area contributed by atoms with Gasteiger partial charge < -0.3 is 9.97 Å². The molecule has 0 unspecified atom stereocenters. The predicted octanol–water partition coefficient (Wildman–Crippen LogP) is 2.22. The summed E-state index contributed by atoms with van der Waals surface area (Å²) in [5, 5.41) is 0. The van der Waals surface area contributed by atoms with E-state index in [2.05, 4.69) is 9.97 Å². The van der Waals surface area contributed by atoms with Gasteiger partial charge in [0.2, 0.25) is 0 Å². The van der Waals surface area contributed by atoms with Crippen molar-refractivity contribution in [2.24, 2.45) is 0 Å². The van der Waals surface area contributed by atoms with Crippen LogP contribution in [0.15, 0.2) is 24.3 Å². The van der Waals surface area contributed by atoms with Crippen molar-refractivity contribution >= 4 is 23.3 Å². The van der Waals surface area contributed by atoms with E-state index < -0.39 is 0 Å². The number of para-hydroxylation sites is 2. The summed E-state index contributed by atoms with van der Waals surface area (Å²) in [4.78, 5) is 6.04. The molecule has 2 N–H and O–H groups in total. The van der Waals surface area contributed by atoms with E-state index in [1.165, 1.54) is 0 Å². The minimum atomic E-state index is 0. The molecule has 2 aromatic rings. The molecule has 0 atom stereocenters. The van der Waals surface area contributed by atoms with Gasteiger partial charge in [-0.3, -0.25) is 0 Å². The van der Waals surface area contributed by atoms with E-state index in [-0.39, 0.29) is 17.1 Å². The number of nitrogens with one attached hydrogen (secondary N) is 2. The first kappa shape index (κ1) is 8.53. The van der Waals surface area contributed by atoms with Crippen molar-refractivity contribution in [2.45, 2.75) is 0 Å². The SMILES string of the molecule is S=c1[nH]c2ccccc2[nH]1.[Cu]. The molecule has 0 fully saturated rings. The number of rotatable bonds is 0. The molecule has 2 nitrogen and oxygen atoms in total. The maximum absolute atomic E-state index is 4.90. The van der Waals surface area contributed by atoms with Crippen molar-refractivity contribution in [1.29, 1.82) is 0 Å². The van der Waals surface area contributed by atoms with Crippen molar-refractivity contribution in [3.63, 3.8) is 0 Å². The van der Waals surface area contributed by atoms with E-state index >= 15 is 0 Å². The molecule has 0 amide bonds. The third kappa shape index (κ3) is 1.53. The summed E-state index contributed by atoms with van der Waals surface area (Å²) in [7, 11) is 0. The maximum atomic E-state index is 4.90. The van der Waals surface area contributed by atoms with E-state index in [0.29, 0.717) is 4.77 Å². The number of imidazole rings is 1. The first-order valence-corrected chi connectivity index (χ1v) is 3.44. The van der Waals surface area contributed by atoms with Gasteiger partial charge in [0, 0.05) is 17.1 Å². The molecule has 1 heterocycles. The van der Waals surface area contributed by atoms with Crippen LogP contribution in [0.2, 0.25) is 0 Å². The second-order valence-corrected chi connectivity index (χ2v) is 2.53. The van der Waals surface area contributed by atoms with E-state index in [1.54, 1.807) is 0 Å². The van der Waals surface area contributed by atoms with Crippen LogP contribution in [-0.4, -0.2) is 9.97 Å². The number of benzene rings is 1. The maximum Gasteiger partial charge on any atom is 0.175 e. The van der Waals surface area contributed by atoms with Crippen molar-refractivity contribution in [3.05, 3.63) is 29.0 Å². The molecule has 61 valence electrons. The third-order valence-corrected chi connectivity index (χ3v) is 1.63. The van der Waals surface area contributed by atoms with Gasteiger partial charge in [-0.1, -0.05) is 12.1 Å². The molecule has 11 heavy (non-hydrogen) atoms. The zero-order valence-corrected chi connectivity index (χ0v) is 7.28. The molecular formula is C7H6CuN2S. The van der Waals surface area contributed by atoms with Crippen molar-refractivity contribution in [2.75, 3.05) is 0 Å². The fourth-order valence-corrected chi connectivity index (χ4v) is 1.20. The van der Waals surface area contributed by atoms with E-state index in [9.17, 15) is 0 Å². The van der Waals surface area contributed by atoms with Crippen LogP contribution in [-0.2, 0) is 17.1 Å². The van der Waals surface area contributed by atoms with Crippen LogP contribution in [0, 0.1) is 4.77 Å². The Hall–Kier alpha value is -0.571. The summed E-state index contributed by atoms with van der Waals surface area (Å²) >= 11 is 4.90. The van der Waals surface area contributed by atoms with Crippen molar-refractivity contribution < 1.29 is 17.1 Å². The second-order valence-electron chi connectivity index (χ2n) is 2.12. The summed E-state index contributed by atoms with van der Waals surface area (Å²) in [6, 6.07) is 7.92. The predicted molar refractivity (Wildman–Crippen MR) is 43.5 cm³/mol. The Labute approximate surface area is 79.5 Å². The number of hydrogen-bond acceptors (Lipinski definition) is 1. The molecule has 0 bridgehead atoms. The number of hydrogen-bond donors (Lipinski definition) is 2. The van der Waals surface area contributed by atoms with Crippen LogP contribution in [0.25, 0.3) is 11.0 Å². The first-order valence-electron chi connectivity index (χ1n) is 3.03. The Balaban J connectivity index is 0.000000605. The average molecular weight is 214 g/mol. The zero-order chi connectivity index (χ0) is 6.97. The summed E-state index contributed by atoms with van der Waals surface area (Å²) in [5.41, 5.74) is 2.13. The normalized spacial score (nSPS) is 9.45. The minimum absolute atomic E-state index is 0. The standard InChI is InChI=1S/C7H6N2S.Cu/c10-7-8-5-3-1-2-4-6(5)9-7;/h1-4H,(H2,8,9,10);. The quantitative estimate of drug-likeness (QED) is 0.511. The number of H-pyrrole nitrogens is 2. The summed E-state index contributed by atoms with van der Waals surface area (Å²) in [6.07, 6.45) is 0. The molecule has 0 aliphatic carbocycles. The van der Waals surface area contributed by atoms with Crippen LogP contribution in [0.3, 0.4) is 0 Å². The van der Waals surface area contributed by atoms with Gasteiger partial charge in [0.25, 0.3) is 0 Å². The van der Waals surface area contributed by atoms with Crippen LogP contribution >= 0.6 is 12.2 Å². The van der Waals surface area contributed by atoms with Crippen LogP contribution in [0.4, 0.5) is 0 Å². The van der Waals surface area contributed by atoms with Gasteiger partial charge in [0.1, 0.15) is 0 Å². The molecule has 0 aliphatic heterocycles. The molecule has 1 aromatic heterocycles. The third-order valence-electron chi connectivity index (χ3n) is 1.42. The molecule has 1 radical (unpaired) electrons. The van der Waals surface area contributed by atoms with Crippen LogP contribution < -0.4 is 0 Å². The van der Waals surface area contributed by atoms with Gasteiger partial charge in [-0.25, -0.2) is 0 Å². The van der Waals surface area contributed by atoms with E-state index in [4.69, 9.17) is 12.2 Å². The fraction of sp³-hybridized carbons (Fsp3) is 0. The van der Waals surface area contributed by atoms with E-state index in [0.717, 1.165) is 11.0 Å². The van der Waals surface area contributed by atoms with Crippen LogP contribution in [0.1, 0.15) is 0 Å². The molecule has 0 aliphatic rings. The first-order chi connectivity index (χ1) is 4.86. The Morgan fingerprint density at radius 2 is 1.45 bits per heavy atom. The molecule has 0 saturated heterocycles. The molecule has 0 saturated carbocycles. The average Bonchev–Trinajstić information content (AvgIpc) is 2.27. The molecule has 2 rings (SSSR count). The van der Waals surface area contributed by atoms with Gasteiger partial charge in [-0.15, -0.1) is 0 Å². The minimum Gasteiger partial charge on any atom is -0.331 e. The molecular weight excluding hydrogens is 208 g/mol. The largest absolute Gasteiger partial charge is 0.331 e. The zero-order valence-electron chi connectivity index (χ0n) is 5.52. The van der Waals surface area contributed by atoms with Gasteiger partial charge >= 0.3 is 0 Å². The Bertz CT molecular complexity index is 368. The van der Waals surface area contributed by atoms with E-state index in [1.807, 2.05) is 24.3 Å². The summed E-state index contributed by atoms with van der Waals surface area (Å²) < 4.78 is 0.682. The topological polar surface area (TPSA) is 31.6 Å². The summed E-state index contributed by atoms with van der Waals surface area (Å²) in [6.45, 7) is 0. The van der Waals surface area contributed by atoms with Crippen LogP contribution in [0.5, 0.6) is 0 Å². The molecule has 4 heteroatoms. The van der Waals surface area contributed by atoms with Crippen molar-refractivity contribution in [3.8, 4) is 0 Å². The molecule has 1 aromatic carbocycles. The van der Waals surface area contributed by atoms with Crippen molar-refractivity contribution in [1.82, 2.24) is 9.97 Å². The Morgan fingerprint density at radius 3 is 1.91 bits per heavy atom. The molecule has 0 spiro atoms. The van der Waals surface area contributed by atoms with Gasteiger partial charge in [0.15, 0.2) is 4.77 Å². The smallest absolute Gasteiger partial charge is 0.175 e. The fourth-order valence-electron chi connectivity index (χ4n) is 0.977. The number of aromatic nitrogens is 2. The Morgan fingerprint density at radius 1 is 1.00 bits per heavy atom. The Kier molecular flexibility index (Phi) is 2.49. The number of aromatic amines is 2. The summed E-state index contributed by atoms with van der Waals surface area (Å²) in [5.74, 6) is 0. The monoisotopic (exact) mass is 213 g/mol. The second kappa shape index (κ2) is 3.22. The van der Waals surface area contributed by atoms with Gasteiger partial charge in [0.05, 0.1) is 11.0 Å². The van der Waals surface area contributed by atoms with Gasteiger partial charge in [-0.2, -0.15) is 0 Å². The van der Waals surface area contributed by atoms with Gasteiger partial charge in [-0.05, 0) is 24.4 Å². The number of fused-ring (bicyclic) bond motifs is 1.